The first-order valence-corrected chi connectivity index (χ1v) is 7.81. The van der Waals surface area contributed by atoms with E-state index in [1.165, 1.54) is 12.1 Å². The summed E-state index contributed by atoms with van der Waals surface area (Å²) >= 11 is 0. The molecule has 27 heavy (non-hydrogen) atoms. The van der Waals surface area contributed by atoms with Crippen molar-refractivity contribution in [3.05, 3.63) is 65.6 Å². The predicted octanol–water partition coefficient (Wildman–Crippen LogP) is 2.94. The van der Waals surface area contributed by atoms with E-state index in [2.05, 4.69) is 15.4 Å². The number of alkyl halides is 3. The quantitative estimate of drug-likeness (QED) is 0.711. The number of hydrogen-bond donors (Lipinski definition) is 1. The molecule has 0 aliphatic rings. The van der Waals surface area contributed by atoms with E-state index < -0.39 is 17.6 Å². The van der Waals surface area contributed by atoms with Gasteiger partial charge in [-0.25, -0.2) is 4.98 Å². The summed E-state index contributed by atoms with van der Waals surface area (Å²) < 4.78 is 50.0. The van der Waals surface area contributed by atoms with Crippen LogP contribution in [0.3, 0.4) is 0 Å². The van der Waals surface area contributed by atoms with Gasteiger partial charge in [-0.15, -0.1) is 0 Å². The van der Waals surface area contributed by atoms with Crippen molar-refractivity contribution in [3.63, 3.8) is 0 Å². The lowest BCUT2D eigenvalue weighted by Crippen LogP contribution is -2.23. The second-order valence-corrected chi connectivity index (χ2v) is 5.65. The van der Waals surface area contributed by atoms with Crippen LogP contribution in [-0.2, 0) is 26.4 Å². The summed E-state index contributed by atoms with van der Waals surface area (Å²) in [7, 11) is 1.76. The van der Waals surface area contributed by atoms with Gasteiger partial charge in [0.25, 0.3) is 5.91 Å². The van der Waals surface area contributed by atoms with Gasteiger partial charge in [-0.1, -0.05) is 6.07 Å². The molecule has 0 aliphatic heterocycles. The van der Waals surface area contributed by atoms with Gasteiger partial charge in [0.15, 0.2) is 12.3 Å². The Morgan fingerprint density at radius 2 is 2.19 bits per heavy atom. The highest BCUT2D eigenvalue weighted by molar-refractivity contribution is 5.91. The SMILES string of the molecule is Cn1cc(CNC(=O)c2coc(COc3cccc(C(F)(F)F)c3)n2)cn1. The van der Waals surface area contributed by atoms with E-state index in [1.807, 2.05) is 0 Å². The fraction of sp³-hybridized carbons (Fsp3) is 0.235. The standard InChI is InChI=1S/C17H15F3N4O3/c1-24-8-11(7-22-24)6-21-16(25)14-9-27-15(23-14)10-26-13-4-2-3-12(5-13)17(18,19)20/h2-5,7-9H,6,10H2,1H3,(H,21,25). The molecule has 1 amide bonds. The Kier molecular flexibility index (Phi) is 5.15. The minimum atomic E-state index is -4.46. The number of carbonyl (C=O) groups excluding carboxylic acids is 1. The van der Waals surface area contributed by atoms with E-state index in [1.54, 1.807) is 24.1 Å². The van der Waals surface area contributed by atoms with Crippen molar-refractivity contribution in [1.82, 2.24) is 20.1 Å². The molecule has 3 aromatic rings. The third kappa shape index (κ3) is 4.87. The van der Waals surface area contributed by atoms with Crippen molar-refractivity contribution in [1.29, 1.82) is 0 Å². The normalized spacial score (nSPS) is 11.4. The Morgan fingerprint density at radius 3 is 2.89 bits per heavy atom. The molecule has 0 saturated carbocycles. The molecule has 7 nitrogen and oxygen atoms in total. The minimum absolute atomic E-state index is 0.0191. The van der Waals surface area contributed by atoms with Gasteiger partial charge in [-0.2, -0.15) is 18.3 Å². The van der Waals surface area contributed by atoms with Crippen LogP contribution in [0.15, 0.2) is 47.3 Å². The number of oxazole rings is 1. The molecular weight excluding hydrogens is 365 g/mol. The van der Waals surface area contributed by atoms with Gasteiger partial charge >= 0.3 is 6.18 Å². The summed E-state index contributed by atoms with van der Waals surface area (Å²) in [6, 6.07) is 4.46. The highest BCUT2D eigenvalue weighted by Gasteiger charge is 2.30. The number of nitrogens with one attached hydrogen (secondary N) is 1. The predicted molar refractivity (Wildman–Crippen MR) is 86.7 cm³/mol. The Balaban J connectivity index is 1.55. The molecule has 0 atom stereocenters. The zero-order valence-electron chi connectivity index (χ0n) is 14.2. The number of carbonyl (C=O) groups is 1. The number of ether oxygens (including phenoxy) is 1. The molecule has 0 aliphatic carbocycles. The number of benzene rings is 1. The van der Waals surface area contributed by atoms with E-state index in [4.69, 9.17) is 9.15 Å². The summed E-state index contributed by atoms with van der Waals surface area (Å²) in [5.41, 5.74) is 0.0480. The van der Waals surface area contributed by atoms with Crippen LogP contribution >= 0.6 is 0 Å². The molecule has 1 N–H and O–H groups in total. The average molecular weight is 380 g/mol. The molecule has 0 unspecified atom stereocenters. The molecule has 0 radical (unpaired) electrons. The zero-order chi connectivity index (χ0) is 19.4. The van der Waals surface area contributed by atoms with Gasteiger partial charge in [0.05, 0.1) is 11.8 Å². The summed E-state index contributed by atoms with van der Waals surface area (Å²) in [5.74, 6) is -0.363. The monoisotopic (exact) mass is 380 g/mol. The number of hydrogen-bond acceptors (Lipinski definition) is 5. The molecule has 0 bridgehead atoms. The molecule has 2 aromatic heterocycles. The fourth-order valence-electron chi connectivity index (χ4n) is 2.22. The highest BCUT2D eigenvalue weighted by Crippen LogP contribution is 2.31. The van der Waals surface area contributed by atoms with Gasteiger partial charge in [-0.05, 0) is 18.2 Å². The van der Waals surface area contributed by atoms with Crippen molar-refractivity contribution in [2.24, 2.45) is 7.05 Å². The van der Waals surface area contributed by atoms with E-state index in [9.17, 15) is 18.0 Å². The summed E-state index contributed by atoms with van der Waals surface area (Å²) in [5, 5.41) is 6.65. The van der Waals surface area contributed by atoms with E-state index in [0.29, 0.717) is 0 Å². The number of rotatable bonds is 6. The van der Waals surface area contributed by atoms with Crippen LogP contribution in [0.4, 0.5) is 13.2 Å². The van der Waals surface area contributed by atoms with Crippen LogP contribution in [0.5, 0.6) is 5.75 Å². The molecule has 10 heteroatoms. The summed E-state index contributed by atoms with van der Waals surface area (Å²) in [6.07, 6.45) is 0.0834. The highest BCUT2D eigenvalue weighted by atomic mass is 19.4. The lowest BCUT2D eigenvalue weighted by molar-refractivity contribution is -0.137. The molecule has 142 valence electrons. The summed E-state index contributed by atoms with van der Waals surface area (Å²) in [6.45, 7) is 0.0623. The van der Waals surface area contributed by atoms with Crippen molar-refractivity contribution in [3.8, 4) is 5.75 Å². The van der Waals surface area contributed by atoms with Crippen LogP contribution < -0.4 is 10.1 Å². The molecular formula is C17H15F3N4O3. The third-order valence-corrected chi connectivity index (χ3v) is 3.52. The Hall–Kier alpha value is -3.30. The van der Waals surface area contributed by atoms with Gasteiger partial charge in [0.2, 0.25) is 5.89 Å². The lowest BCUT2D eigenvalue weighted by atomic mass is 10.2. The molecule has 1 aromatic carbocycles. The van der Waals surface area contributed by atoms with Crippen LogP contribution in [0, 0.1) is 0 Å². The van der Waals surface area contributed by atoms with Crippen LogP contribution in [0.25, 0.3) is 0 Å². The minimum Gasteiger partial charge on any atom is -0.484 e. The first-order chi connectivity index (χ1) is 12.8. The third-order valence-electron chi connectivity index (χ3n) is 3.52. The summed E-state index contributed by atoms with van der Waals surface area (Å²) in [4.78, 5) is 16.0. The van der Waals surface area contributed by atoms with Gasteiger partial charge in [0, 0.05) is 25.4 Å². The first-order valence-electron chi connectivity index (χ1n) is 7.81. The maximum Gasteiger partial charge on any atom is 0.416 e. The van der Waals surface area contributed by atoms with Crippen LogP contribution in [0.1, 0.15) is 27.5 Å². The Labute approximate surface area is 151 Å². The average Bonchev–Trinajstić information content (AvgIpc) is 3.26. The van der Waals surface area contributed by atoms with Crippen molar-refractivity contribution >= 4 is 5.91 Å². The Morgan fingerprint density at radius 1 is 1.37 bits per heavy atom. The van der Waals surface area contributed by atoms with E-state index >= 15 is 0 Å². The molecule has 0 saturated heterocycles. The molecule has 0 spiro atoms. The van der Waals surface area contributed by atoms with Gasteiger partial charge < -0.3 is 14.5 Å². The molecule has 3 rings (SSSR count). The lowest BCUT2D eigenvalue weighted by Gasteiger charge is -2.09. The molecule has 0 fully saturated rings. The fourth-order valence-corrected chi connectivity index (χ4v) is 2.22. The maximum atomic E-state index is 12.7. The first kappa shape index (κ1) is 18.5. The van der Waals surface area contributed by atoms with Gasteiger partial charge in [-0.3, -0.25) is 9.48 Å². The van der Waals surface area contributed by atoms with E-state index in [-0.39, 0.29) is 30.5 Å². The number of aromatic nitrogens is 3. The second-order valence-electron chi connectivity index (χ2n) is 5.65. The largest absolute Gasteiger partial charge is 0.484 e. The van der Waals surface area contributed by atoms with Crippen molar-refractivity contribution in [2.75, 3.05) is 0 Å². The number of aryl methyl sites for hydroxylation is 1. The Bertz CT molecular complexity index is 933. The van der Waals surface area contributed by atoms with Crippen molar-refractivity contribution in [2.45, 2.75) is 19.3 Å². The smallest absolute Gasteiger partial charge is 0.416 e. The van der Waals surface area contributed by atoms with Crippen LogP contribution in [-0.4, -0.2) is 20.7 Å². The van der Waals surface area contributed by atoms with E-state index in [0.717, 1.165) is 24.0 Å². The molecule has 2 heterocycles. The van der Waals surface area contributed by atoms with Gasteiger partial charge in [0.1, 0.15) is 12.0 Å². The number of amides is 1. The zero-order valence-corrected chi connectivity index (χ0v) is 14.2. The van der Waals surface area contributed by atoms with Crippen LogP contribution in [0.2, 0.25) is 0 Å². The second kappa shape index (κ2) is 7.52. The van der Waals surface area contributed by atoms with Crippen molar-refractivity contribution < 1.29 is 27.1 Å². The number of nitrogens with zero attached hydrogens (tertiary/aromatic N) is 3. The number of halogens is 3. The maximum absolute atomic E-state index is 12.7. The topological polar surface area (TPSA) is 82.2 Å².